The van der Waals surface area contributed by atoms with Gasteiger partial charge in [0.2, 0.25) is 0 Å². The number of ether oxygens (including phenoxy) is 1. The number of aromatic hydroxyl groups is 1. The number of phenolic OH excluding ortho intramolecular Hbond substituents is 1. The zero-order valence-corrected chi connectivity index (χ0v) is 11.1. The summed E-state index contributed by atoms with van der Waals surface area (Å²) in [6, 6.07) is 4.45. The summed E-state index contributed by atoms with van der Waals surface area (Å²) in [6.45, 7) is 3.64. The van der Waals surface area contributed by atoms with Gasteiger partial charge < -0.3 is 20.7 Å². The molecule has 5 heteroatoms. The van der Waals surface area contributed by atoms with Crippen LogP contribution in [0.25, 0.3) is 0 Å². The SMILES string of the molecule is COc1ccc(O)c([C@H](N)C(C)(C)CO)c1.Cl. The van der Waals surface area contributed by atoms with Crippen LogP contribution in [-0.2, 0) is 0 Å². The molecule has 0 aliphatic carbocycles. The zero-order valence-electron chi connectivity index (χ0n) is 10.3. The van der Waals surface area contributed by atoms with Crippen LogP contribution in [0.4, 0.5) is 0 Å². The number of methoxy groups -OCH3 is 1. The Balaban J connectivity index is 0.00000256. The molecule has 98 valence electrons. The Hall–Kier alpha value is -0.970. The van der Waals surface area contributed by atoms with Crippen LogP contribution in [0.1, 0.15) is 25.5 Å². The molecule has 0 spiro atoms. The summed E-state index contributed by atoms with van der Waals surface area (Å²) in [5, 5.41) is 19.0. The van der Waals surface area contributed by atoms with Crippen LogP contribution < -0.4 is 10.5 Å². The molecule has 0 radical (unpaired) electrons. The largest absolute Gasteiger partial charge is 0.508 e. The number of halogens is 1. The molecule has 0 bridgehead atoms. The molecule has 0 unspecified atom stereocenters. The normalized spacial score (nSPS) is 12.8. The number of hydrogen-bond acceptors (Lipinski definition) is 4. The first kappa shape index (κ1) is 16.0. The van der Waals surface area contributed by atoms with Crippen molar-refractivity contribution >= 4 is 12.4 Å². The minimum Gasteiger partial charge on any atom is -0.508 e. The van der Waals surface area contributed by atoms with Crippen molar-refractivity contribution in [2.24, 2.45) is 11.1 Å². The van der Waals surface area contributed by atoms with E-state index in [9.17, 15) is 10.2 Å². The highest BCUT2D eigenvalue weighted by atomic mass is 35.5. The summed E-state index contributed by atoms with van der Waals surface area (Å²) >= 11 is 0. The summed E-state index contributed by atoms with van der Waals surface area (Å²) in [4.78, 5) is 0. The van der Waals surface area contributed by atoms with Crippen LogP contribution in [0.3, 0.4) is 0 Å². The number of aliphatic hydroxyl groups is 1. The van der Waals surface area contributed by atoms with Crippen LogP contribution >= 0.6 is 12.4 Å². The van der Waals surface area contributed by atoms with E-state index in [2.05, 4.69) is 0 Å². The minimum atomic E-state index is -0.496. The fraction of sp³-hybridized carbons (Fsp3) is 0.500. The van der Waals surface area contributed by atoms with Gasteiger partial charge in [0.05, 0.1) is 7.11 Å². The molecule has 0 saturated carbocycles. The smallest absolute Gasteiger partial charge is 0.120 e. The van der Waals surface area contributed by atoms with Gasteiger partial charge in [-0.15, -0.1) is 12.4 Å². The Morgan fingerprint density at radius 1 is 1.41 bits per heavy atom. The van der Waals surface area contributed by atoms with E-state index in [1.54, 1.807) is 25.3 Å². The summed E-state index contributed by atoms with van der Waals surface area (Å²) in [7, 11) is 1.55. The maximum atomic E-state index is 9.74. The Bertz CT molecular complexity index is 369. The van der Waals surface area contributed by atoms with E-state index < -0.39 is 11.5 Å². The number of phenols is 1. The molecule has 0 heterocycles. The number of aliphatic hydroxyl groups excluding tert-OH is 1. The summed E-state index contributed by atoms with van der Waals surface area (Å²) < 4.78 is 5.08. The molecule has 0 saturated heterocycles. The Morgan fingerprint density at radius 3 is 2.47 bits per heavy atom. The molecular weight excluding hydrogens is 242 g/mol. The van der Waals surface area contributed by atoms with Crippen molar-refractivity contribution in [2.45, 2.75) is 19.9 Å². The third-order valence-corrected chi connectivity index (χ3v) is 2.82. The van der Waals surface area contributed by atoms with E-state index in [-0.39, 0.29) is 24.8 Å². The highest BCUT2D eigenvalue weighted by Gasteiger charge is 2.29. The van der Waals surface area contributed by atoms with Gasteiger partial charge in [-0.3, -0.25) is 0 Å². The average Bonchev–Trinajstić information content (AvgIpc) is 2.29. The van der Waals surface area contributed by atoms with E-state index in [4.69, 9.17) is 10.5 Å². The Kier molecular flexibility index (Phi) is 5.75. The first-order valence-electron chi connectivity index (χ1n) is 5.15. The molecule has 0 fully saturated rings. The first-order valence-corrected chi connectivity index (χ1v) is 5.15. The van der Waals surface area contributed by atoms with Gasteiger partial charge in [0.1, 0.15) is 11.5 Å². The highest BCUT2D eigenvalue weighted by molar-refractivity contribution is 5.85. The van der Waals surface area contributed by atoms with E-state index in [1.165, 1.54) is 0 Å². The molecule has 1 atom stereocenters. The van der Waals surface area contributed by atoms with Crippen LogP contribution in [0.5, 0.6) is 11.5 Å². The predicted octanol–water partition coefficient (Wildman–Crippen LogP) is 1.84. The Morgan fingerprint density at radius 2 is 2.00 bits per heavy atom. The van der Waals surface area contributed by atoms with Crippen LogP contribution in [0.2, 0.25) is 0 Å². The van der Waals surface area contributed by atoms with Crippen LogP contribution in [0.15, 0.2) is 18.2 Å². The van der Waals surface area contributed by atoms with E-state index in [0.29, 0.717) is 11.3 Å². The number of nitrogens with two attached hydrogens (primary N) is 1. The molecule has 1 aromatic rings. The fourth-order valence-electron chi connectivity index (χ4n) is 1.43. The van der Waals surface area contributed by atoms with Crippen molar-refractivity contribution in [1.29, 1.82) is 0 Å². The second-order valence-corrected chi connectivity index (χ2v) is 4.55. The maximum absolute atomic E-state index is 9.74. The monoisotopic (exact) mass is 261 g/mol. The molecule has 4 nitrogen and oxygen atoms in total. The van der Waals surface area contributed by atoms with Gasteiger partial charge in [-0.1, -0.05) is 13.8 Å². The van der Waals surface area contributed by atoms with Crippen molar-refractivity contribution in [3.05, 3.63) is 23.8 Å². The molecule has 0 aromatic heterocycles. The second kappa shape index (κ2) is 6.10. The second-order valence-electron chi connectivity index (χ2n) is 4.55. The molecule has 0 amide bonds. The zero-order chi connectivity index (χ0) is 12.3. The molecular formula is C12H20ClNO3. The number of hydrogen-bond donors (Lipinski definition) is 3. The lowest BCUT2D eigenvalue weighted by atomic mass is 9.81. The molecule has 1 aromatic carbocycles. The summed E-state index contributed by atoms with van der Waals surface area (Å²) in [5.41, 5.74) is 6.12. The van der Waals surface area contributed by atoms with Gasteiger partial charge in [-0.2, -0.15) is 0 Å². The summed E-state index contributed by atoms with van der Waals surface area (Å²) in [6.07, 6.45) is 0. The molecule has 0 aliphatic rings. The van der Waals surface area contributed by atoms with Gasteiger partial charge >= 0.3 is 0 Å². The van der Waals surface area contributed by atoms with Crippen LogP contribution in [-0.4, -0.2) is 23.9 Å². The summed E-state index contributed by atoms with van der Waals surface area (Å²) in [5.74, 6) is 0.756. The standard InChI is InChI=1S/C12H19NO3.ClH/c1-12(2,7-14)11(13)9-6-8(16-3)4-5-10(9)15;/h4-6,11,14-15H,7,13H2,1-3H3;1H/t11-;/m0./s1. The first-order chi connectivity index (χ1) is 7.42. The fourth-order valence-corrected chi connectivity index (χ4v) is 1.43. The third-order valence-electron chi connectivity index (χ3n) is 2.82. The number of benzene rings is 1. The van der Waals surface area contributed by atoms with E-state index >= 15 is 0 Å². The third kappa shape index (κ3) is 3.49. The molecule has 4 N–H and O–H groups in total. The minimum absolute atomic E-state index is 0. The van der Waals surface area contributed by atoms with Crippen molar-refractivity contribution in [1.82, 2.24) is 0 Å². The predicted molar refractivity (Wildman–Crippen MR) is 69.7 cm³/mol. The van der Waals surface area contributed by atoms with Gasteiger partial charge in [0.15, 0.2) is 0 Å². The van der Waals surface area contributed by atoms with E-state index in [0.717, 1.165) is 0 Å². The van der Waals surface area contributed by atoms with Crippen molar-refractivity contribution in [2.75, 3.05) is 13.7 Å². The molecule has 17 heavy (non-hydrogen) atoms. The topological polar surface area (TPSA) is 75.7 Å². The Labute approximate surface area is 108 Å². The average molecular weight is 262 g/mol. The number of rotatable bonds is 4. The highest BCUT2D eigenvalue weighted by Crippen LogP contribution is 2.36. The van der Waals surface area contributed by atoms with Crippen molar-refractivity contribution in [3.63, 3.8) is 0 Å². The lowest BCUT2D eigenvalue weighted by Crippen LogP contribution is -2.32. The van der Waals surface area contributed by atoms with Gasteiger partial charge in [0, 0.05) is 23.6 Å². The van der Waals surface area contributed by atoms with Crippen molar-refractivity contribution < 1.29 is 14.9 Å². The van der Waals surface area contributed by atoms with Gasteiger partial charge in [0.25, 0.3) is 0 Å². The van der Waals surface area contributed by atoms with E-state index in [1.807, 2.05) is 13.8 Å². The van der Waals surface area contributed by atoms with Gasteiger partial charge in [-0.25, -0.2) is 0 Å². The maximum Gasteiger partial charge on any atom is 0.120 e. The van der Waals surface area contributed by atoms with Crippen LogP contribution in [0, 0.1) is 5.41 Å². The van der Waals surface area contributed by atoms with Crippen molar-refractivity contribution in [3.8, 4) is 11.5 Å². The quantitative estimate of drug-likeness (QED) is 0.773. The lowest BCUT2D eigenvalue weighted by molar-refractivity contribution is 0.131. The molecule has 1 rings (SSSR count). The van der Waals surface area contributed by atoms with Gasteiger partial charge in [-0.05, 0) is 18.2 Å². The molecule has 0 aliphatic heterocycles. The lowest BCUT2D eigenvalue weighted by Gasteiger charge is -2.30.